The van der Waals surface area contributed by atoms with Crippen LogP contribution < -0.4 is 0 Å². The van der Waals surface area contributed by atoms with Gasteiger partial charge in [-0.2, -0.15) is 0 Å². The van der Waals surface area contributed by atoms with Gasteiger partial charge in [0.15, 0.2) is 0 Å². The maximum atomic E-state index is 2.38. The van der Waals surface area contributed by atoms with Crippen molar-refractivity contribution >= 4 is 41.8 Å². The molecule has 0 atom stereocenters. The molecule has 0 radical (unpaired) electrons. The van der Waals surface area contributed by atoms with E-state index in [1.807, 2.05) is 0 Å². The zero-order valence-corrected chi connectivity index (χ0v) is 12.2. The van der Waals surface area contributed by atoms with Gasteiger partial charge in [0.1, 0.15) is 0 Å². The Balaban J connectivity index is 2.77. The maximum absolute atomic E-state index is 2.38. The quantitative estimate of drug-likeness (QED) is 0.693. The van der Waals surface area contributed by atoms with Crippen molar-refractivity contribution in [3.05, 3.63) is 35.4 Å². The van der Waals surface area contributed by atoms with Crippen molar-refractivity contribution in [2.45, 2.75) is 18.9 Å². The minimum atomic E-state index is 0.260. The molecule has 0 saturated carbocycles. The van der Waals surface area contributed by atoms with Crippen molar-refractivity contribution in [3.8, 4) is 0 Å². The van der Waals surface area contributed by atoms with E-state index >= 15 is 0 Å². The van der Waals surface area contributed by atoms with Gasteiger partial charge in [0.05, 0.1) is 0 Å². The van der Waals surface area contributed by atoms with Gasteiger partial charge < -0.3 is 0 Å². The molecule has 0 unspecified atom stereocenters. The summed E-state index contributed by atoms with van der Waals surface area (Å²) in [7, 11) is 0. The second-order valence-corrected chi connectivity index (χ2v) is 7.58. The first kappa shape index (κ1) is 10.9. The van der Waals surface area contributed by atoms with Gasteiger partial charge in [-0.1, -0.05) is 0 Å². The molecule has 0 spiro atoms. The van der Waals surface area contributed by atoms with E-state index in [2.05, 4.69) is 34.2 Å². The van der Waals surface area contributed by atoms with Gasteiger partial charge in [-0.15, -0.1) is 0 Å². The van der Waals surface area contributed by atoms with Crippen molar-refractivity contribution in [1.82, 2.24) is 0 Å². The van der Waals surface area contributed by atoms with Crippen molar-refractivity contribution < 1.29 is 0 Å². The molecule has 0 aliphatic carbocycles. The molecule has 0 aromatic heterocycles. The zero-order chi connectivity index (χ0) is 8.81. The summed E-state index contributed by atoms with van der Waals surface area (Å²) in [6, 6.07) is 8.98. The predicted molar refractivity (Wildman–Crippen MR) is 57.1 cm³/mol. The molecule has 2 heteroatoms. The number of benzene rings is 1. The molecule has 66 valence electrons. The van der Waals surface area contributed by atoms with E-state index in [0.717, 1.165) is 0 Å². The molecule has 0 bridgehead atoms. The summed E-state index contributed by atoms with van der Waals surface area (Å²) < 4.78 is 2.77. The molecule has 0 aliphatic rings. The van der Waals surface area contributed by atoms with E-state index < -0.39 is 0 Å². The van der Waals surface area contributed by atoms with E-state index in [4.69, 9.17) is 0 Å². The first-order valence-corrected chi connectivity index (χ1v) is 11.9. The van der Waals surface area contributed by atoms with Gasteiger partial charge in [-0.25, -0.2) is 0 Å². The minimum absolute atomic E-state index is 0.260. The number of rotatable bonds is 4. The molecule has 1 aromatic carbocycles. The normalized spacial score (nSPS) is 10.2. The van der Waals surface area contributed by atoms with Crippen LogP contribution in [0.15, 0.2) is 24.3 Å². The second kappa shape index (κ2) is 6.28. The Labute approximate surface area is 95.3 Å². The van der Waals surface area contributed by atoms with Crippen LogP contribution in [0.3, 0.4) is 0 Å². The van der Waals surface area contributed by atoms with Gasteiger partial charge >= 0.3 is 96.1 Å². The van der Waals surface area contributed by atoms with Crippen LogP contribution in [0.1, 0.15) is 11.1 Å². The standard InChI is InChI=1S/C10H14Te2/c1-11-7-9-5-3-4-6-10(9)8-12-2/h3-6H,7-8H2,1-2H3. The Kier molecular flexibility index (Phi) is 5.70. The van der Waals surface area contributed by atoms with Gasteiger partial charge in [0, 0.05) is 0 Å². The van der Waals surface area contributed by atoms with Crippen molar-refractivity contribution in [1.29, 1.82) is 0 Å². The van der Waals surface area contributed by atoms with Gasteiger partial charge in [0.25, 0.3) is 0 Å². The van der Waals surface area contributed by atoms with Crippen LogP contribution in [0.4, 0.5) is 0 Å². The van der Waals surface area contributed by atoms with Gasteiger partial charge in [-0.05, 0) is 0 Å². The number of hydrogen-bond acceptors (Lipinski definition) is 0. The molecule has 0 amide bonds. The van der Waals surface area contributed by atoms with Crippen LogP contribution in [0.2, 0.25) is 9.94 Å². The third-order valence-electron chi connectivity index (χ3n) is 1.72. The average molecular weight is 389 g/mol. The summed E-state index contributed by atoms with van der Waals surface area (Å²) in [5.41, 5.74) is 3.27. The first-order valence-electron chi connectivity index (χ1n) is 3.93. The van der Waals surface area contributed by atoms with E-state index in [0.29, 0.717) is 0 Å². The molecule has 1 rings (SSSR count). The predicted octanol–water partition coefficient (Wildman–Crippen LogP) is 2.19. The summed E-state index contributed by atoms with van der Waals surface area (Å²) in [6.45, 7) is 0. The molecule has 0 saturated heterocycles. The summed E-state index contributed by atoms with van der Waals surface area (Å²) in [5, 5.41) is 0. The summed E-state index contributed by atoms with van der Waals surface area (Å²) in [4.78, 5) is 4.76. The molecular formula is C10H14Te2. The first-order chi connectivity index (χ1) is 5.88. The van der Waals surface area contributed by atoms with E-state index in [9.17, 15) is 0 Å². The Hall–Kier alpha value is 0.799. The Morgan fingerprint density at radius 1 is 0.917 bits per heavy atom. The topological polar surface area (TPSA) is 0 Å². The third-order valence-corrected chi connectivity index (χ3v) is 5.14. The van der Waals surface area contributed by atoms with Crippen LogP contribution in [0, 0.1) is 0 Å². The number of hydrogen-bond donors (Lipinski definition) is 0. The monoisotopic (exact) mass is 394 g/mol. The summed E-state index contributed by atoms with van der Waals surface area (Å²) in [5.74, 6) is 0. The molecule has 0 aliphatic heterocycles. The van der Waals surface area contributed by atoms with Crippen molar-refractivity contribution in [2.75, 3.05) is 0 Å². The van der Waals surface area contributed by atoms with E-state index in [1.54, 1.807) is 11.1 Å². The molecular weight excluding hydrogens is 375 g/mol. The average Bonchev–Trinajstić information content (AvgIpc) is 2.09. The third kappa shape index (κ3) is 3.27. The molecule has 0 fully saturated rings. The molecule has 0 N–H and O–H groups in total. The molecule has 1 aromatic rings. The second-order valence-electron chi connectivity index (χ2n) is 2.63. The SMILES string of the molecule is C[Te]Cc1ccccc1C[Te]C. The van der Waals surface area contributed by atoms with Crippen LogP contribution >= 0.6 is 0 Å². The van der Waals surface area contributed by atoms with Gasteiger partial charge in [-0.3, -0.25) is 0 Å². The fourth-order valence-corrected chi connectivity index (χ4v) is 4.53. The van der Waals surface area contributed by atoms with Gasteiger partial charge in [0.2, 0.25) is 0 Å². The van der Waals surface area contributed by atoms with Crippen molar-refractivity contribution in [2.24, 2.45) is 0 Å². The Bertz CT molecular complexity index is 208. The fourth-order valence-electron chi connectivity index (χ4n) is 1.15. The zero-order valence-electron chi connectivity index (χ0n) is 7.54. The van der Waals surface area contributed by atoms with Crippen LogP contribution in [-0.2, 0) is 8.94 Å². The Morgan fingerprint density at radius 3 is 1.67 bits per heavy atom. The molecule has 0 nitrogen and oxygen atoms in total. The summed E-state index contributed by atoms with van der Waals surface area (Å²) >= 11 is 0.521. The van der Waals surface area contributed by atoms with Crippen LogP contribution in [0.25, 0.3) is 0 Å². The van der Waals surface area contributed by atoms with Crippen LogP contribution in [0.5, 0.6) is 0 Å². The molecule has 0 heterocycles. The van der Waals surface area contributed by atoms with E-state index in [1.165, 1.54) is 8.94 Å². The van der Waals surface area contributed by atoms with Crippen LogP contribution in [-0.4, -0.2) is 41.8 Å². The molecule has 12 heavy (non-hydrogen) atoms. The van der Waals surface area contributed by atoms with E-state index in [-0.39, 0.29) is 41.8 Å². The Morgan fingerprint density at radius 2 is 1.33 bits per heavy atom. The summed E-state index contributed by atoms with van der Waals surface area (Å²) in [6.07, 6.45) is 0. The van der Waals surface area contributed by atoms with Crippen molar-refractivity contribution in [3.63, 3.8) is 0 Å². The fraction of sp³-hybridized carbons (Fsp3) is 0.400.